The van der Waals surface area contributed by atoms with Gasteiger partial charge in [0.2, 0.25) is 0 Å². The second-order valence-corrected chi connectivity index (χ2v) is 6.80. The van der Waals surface area contributed by atoms with Crippen molar-refractivity contribution in [3.63, 3.8) is 0 Å². The van der Waals surface area contributed by atoms with Crippen molar-refractivity contribution in [2.75, 3.05) is 44.3 Å². The van der Waals surface area contributed by atoms with Gasteiger partial charge in [-0.05, 0) is 18.2 Å². The maximum atomic E-state index is 12.9. The maximum absolute atomic E-state index is 12.9. The van der Waals surface area contributed by atoms with Crippen molar-refractivity contribution < 1.29 is 19.2 Å². The number of piperazine rings is 1. The molecule has 1 amide bonds. The van der Waals surface area contributed by atoms with E-state index in [1.54, 1.807) is 23.1 Å². The number of hydrogen-bond donors (Lipinski definition) is 0. The Bertz CT molecular complexity index is 913. The van der Waals surface area contributed by atoms with Crippen LogP contribution in [0.15, 0.2) is 30.5 Å². The van der Waals surface area contributed by atoms with Gasteiger partial charge >= 0.3 is 0 Å². The number of hydrogen-bond acceptors (Lipinski definition) is 7. The van der Waals surface area contributed by atoms with E-state index in [9.17, 15) is 14.9 Å². The second kappa shape index (κ2) is 7.51. The number of benzene rings is 1. The van der Waals surface area contributed by atoms with E-state index in [1.165, 1.54) is 12.3 Å². The zero-order chi connectivity index (χ0) is 19.7. The van der Waals surface area contributed by atoms with Crippen LogP contribution in [-0.2, 0) is 0 Å². The predicted molar refractivity (Wildman–Crippen MR) is 101 cm³/mol. The van der Waals surface area contributed by atoms with Crippen LogP contribution in [0.25, 0.3) is 0 Å². The van der Waals surface area contributed by atoms with Crippen LogP contribution in [0.3, 0.4) is 0 Å². The number of amides is 1. The minimum atomic E-state index is -0.480. The largest absolute Gasteiger partial charge is 0.486 e. The summed E-state index contributed by atoms with van der Waals surface area (Å²) in [5.74, 6) is 1.48. The topological polar surface area (TPSA) is 98.0 Å². The fourth-order valence-electron chi connectivity index (χ4n) is 3.23. The van der Waals surface area contributed by atoms with E-state index in [2.05, 4.69) is 4.98 Å². The molecule has 2 aliphatic rings. The highest BCUT2D eigenvalue weighted by atomic mass is 35.5. The van der Waals surface area contributed by atoms with Crippen molar-refractivity contribution >= 4 is 29.0 Å². The highest BCUT2D eigenvalue weighted by molar-refractivity contribution is 6.32. The SMILES string of the molecule is O=C(c1cc(Cl)c2c(c1)OCCO2)N1CCN(c2ccc([N+](=O)[O-])cn2)CC1. The first-order valence-electron chi connectivity index (χ1n) is 8.77. The van der Waals surface area contributed by atoms with Crippen LogP contribution >= 0.6 is 11.6 Å². The average molecular weight is 405 g/mol. The lowest BCUT2D eigenvalue weighted by Crippen LogP contribution is -2.49. The molecule has 1 saturated heterocycles. The van der Waals surface area contributed by atoms with Gasteiger partial charge in [-0.15, -0.1) is 0 Å². The van der Waals surface area contributed by atoms with Crippen molar-refractivity contribution in [3.05, 3.63) is 51.2 Å². The highest BCUT2D eigenvalue weighted by Gasteiger charge is 2.26. The summed E-state index contributed by atoms with van der Waals surface area (Å²) >= 11 is 6.23. The smallest absolute Gasteiger partial charge is 0.287 e. The van der Waals surface area contributed by atoms with Crippen LogP contribution in [0.5, 0.6) is 11.5 Å². The summed E-state index contributed by atoms with van der Waals surface area (Å²) in [5.41, 5.74) is 0.407. The van der Waals surface area contributed by atoms with Crippen molar-refractivity contribution in [2.45, 2.75) is 0 Å². The number of ether oxygens (including phenoxy) is 2. The lowest BCUT2D eigenvalue weighted by Gasteiger charge is -2.35. The average Bonchev–Trinajstić information content (AvgIpc) is 2.73. The molecule has 4 rings (SSSR count). The Kier molecular flexibility index (Phi) is 4.91. The van der Waals surface area contributed by atoms with E-state index in [-0.39, 0.29) is 11.6 Å². The van der Waals surface area contributed by atoms with Gasteiger partial charge in [-0.3, -0.25) is 14.9 Å². The molecule has 0 saturated carbocycles. The Hall–Kier alpha value is -3.07. The summed E-state index contributed by atoms with van der Waals surface area (Å²) in [7, 11) is 0. The molecule has 146 valence electrons. The molecular weight excluding hydrogens is 388 g/mol. The lowest BCUT2D eigenvalue weighted by atomic mass is 10.1. The molecule has 0 N–H and O–H groups in total. The van der Waals surface area contributed by atoms with Crippen LogP contribution in [-0.4, -0.2) is 60.1 Å². The normalized spacial score (nSPS) is 16.0. The summed E-state index contributed by atoms with van der Waals surface area (Å²) in [6.07, 6.45) is 1.24. The fraction of sp³-hybridized carbons (Fsp3) is 0.333. The number of carbonyl (C=O) groups is 1. The van der Waals surface area contributed by atoms with Gasteiger partial charge in [0.15, 0.2) is 11.5 Å². The minimum Gasteiger partial charge on any atom is -0.486 e. The Labute approximate surface area is 165 Å². The number of carbonyl (C=O) groups excluding carboxylic acids is 1. The Balaban J connectivity index is 1.43. The molecule has 0 bridgehead atoms. The summed E-state index contributed by atoms with van der Waals surface area (Å²) in [5, 5.41) is 11.1. The van der Waals surface area contributed by atoms with Gasteiger partial charge < -0.3 is 19.3 Å². The molecule has 1 aromatic heterocycles. The molecule has 3 heterocycles. The first-order chi connectivity index (χ1) is 13.5. The number of fused-ring (bicyclic) bond motifs is 1. The first-order valence-corrected chi connectivity index (χ1v) is 9.14. The number of halogens is 1. The van der Waals surface area contributed by atoms with E-state index in [4.69, 9.17) is 21.1 Å². The number of nitrogens with zero attached hydrogens (tertiary/aromatic N) is 4. The molecule has 0 spiro atoms. The Morgan fingerprint density at radius 2 is 1.89 bits per heavy atom. The summed E-state index contributed by atoms with van der Waals surface area (Å²) in [6, 6.07) is 6.31. The van der Waals surface area contributed by atoms with Gasteiger partial charge in [0.05, 0.1) is 9.95 Å². The lowest BCUT2D eigenvalue weighted by molar-refractivity contribution is -0.385. The van der Waals surface area contributed by atoms with E-state index in [1.807, 2.05) is 4.90 Å². The molecule has 0 radical (unpaired) electrons. The molecule has 9 nitrogen and oxygen atoms in total. The van der Waals surface area contributed by atoms with Gasteiger partial charge in [-0.2, -0.15) is 0 Å². The second-order valence-electron chi connectivity index (χ2n) is 6.39. The number of nitro groups is 1. The molecule has 2 aromatic rings. The molecule has 0 aliphatic carbocycles. The summed E-state index contributed by atoms with van der Waals surface area (Å²) < 4.78 is 11.0. The molecule has 1 fully saturated rings. The van der Waals surface area contributed by atoms with E-state index in [0.717, 1.165) is 0 Å². The van der Waals surface area contributed by atoms with Crippen LogP contribution in [0, 0.1) is 10.1 Å². The van der Waals surface area contributed by atoms with Gasteiger partial charge in [-0.25, -0.2) is 4.98 Å². The third-order valence-corrected chi connectivity index (χ3v) is 4.96. The van der Waals surface area contributed by atoms with Crippen molar-refractivity contribution in [3.8, 4) is 11.5 Å². The van der Waals surface area contributed by atoms with Crippen molar-refractivity contribution in [2.24, 2.45) is 0 Å². The summed E-state index contributed by atoms with van der Waals surface area (Å²) in [4.78, 5) is 31.0. The third-order valence-electron chi connectivity index (χ3n) is 4.68. The van der Waals surface area contributed by atoms with Gasteiger partial charge in [-0.1, -0.05) is 11.6 Å². The number of anilines is 1. The fourth-order valence-corrected chi connectivity index (χ4v) is 3.49. The number of pyridine rings is 1. The van der Waals surface area contributed by atoms with Crippen molar-refractivity contribution in [1.82, 2.24) is 9.88 Å². The van der Waals surface area contributed by atoms with Crippen LogP contribution in [0.2, 0.25) is 5.02 Å². The van der Waals surface area contributed by atoms with Crippen LogP contribution in [0.1, 0.15) is 10.4 Å². The van der Waals surface area contributed by atoms with Gasteiger partial charge in [0, 0.05) is 37.8 Å². The van der Waals surface area contributed by atoms with Gasteiger partial charge in [0.25, 0.3) is 11.6 Å². The number of rotatable bonds is 3. The molecule has 2 aliphatic heterocycles. The van der Waals surface area contributed by atoms with Crippen molar-refractivity contribution in [1.29, 1.82) is 0 Å². The molecule has 10 heteroatoms. The van der Waals surface area contributed by atoms with Crippen LogP contribution < -0.4 is 14.4 Å². The third kappa shape index (κ3) is 3.53. The molecular formula is C18H17ClN4O5. The standard InChI is InChI=1S/C18H17ClN4O5/c19-14-9-12(10-15-17(14)28-8-7-27-15)18(24)22-5-3-21(4-6-22)16-2-1-13(11-20-16)23(25)26/h1-2,9-11H,3-8H2. The zero-order valence-corrected chi connectivity index (χ0v) is 15.6. The van der Waals surface area contributed by atoms with Crippen LogP contribution in [0.4, 0.5) is 11.5 Å². The Morgan fingerprint density at radius 3 is 2.57 bits per heavy atom. The predicted octanol–water partition coefficient (Wildman–Crippen LogP) is 2.38. The Morgan fingerprint density at radius 1 is 1.14 bits per heavy atom. The monoisotopic (exact) mass is 404 g/mol. The number of aromatic nitrogens is 1. The zero-order valence-electron chi connectivity index (χ0n) is 14.8. The highest BCUT2D eigenvalue weighted by Crippen LogP contribution is 2.38. The molecule has 28 heavy (non-hydrogen) atoms. The summed E-state index contributed by atoms with van der Waals surface area (Å²) in [6.45, 7) is 3.01. The first kappa shape index (κ1) is 18.3. The molecule has 1 aromatic carbocycles. The maximum Gasteiger partial charge on any atom is 0.287 e. The van der Waals surface area contributed by atoms with E-state index < -0.39 is 4.92 Å². The molecule has 0 atom stereocenters. The van der Waals surface area contributed by atoms with E-state index in [0.29, 0.717) is 67.3 Å². The minimum absolute atomic E-state index is 0.0481. The molecule has 0 unspecified atom stereocenters. The van der Waals surface area contributed by atoms with Gasteiger partial charge in [0.1, 0.15) is 25.2 Å². The quantitative estimate of drug-likeness (QED) is 0.572. The van der Waals surface area contributed by atoms with E-state index >= 15 is 0 Å².